The van der Waals surface area contributed by atoms with Crippen LogP contribution in [-0.4, -0.2) is 34.2 Å². The molecule has 178 valence electrons. The molecule has 0 atom stereocenters. The van der Waals surface area contributed by atoms with Crippen molar-refractivity contribution in [1.82, 2.24) is 9.55 Å². The number of carbonyl (C=O) groups excluding carboxylic acids is 2. The third-order valence-corrected chi connectivity index (χ3v) is 6.10. The van der Waals surface area contributed by atoms with Crippen molar-refractivity contribution in [1.29, 1.82) is 0 Å². The molecule has 4 aromatic rings. The normalized spacial score (nSPS) is 10.7. The van der Waals surface area contributed by atoms with Gasteiger partial charge >= 0.3 is 0 Å². The van der Waals surface area contributed by atoms with Gasteiger partial charge in [0.25, 0.3) is 5.56 Å². The van der Waals surface area contributed by atoms with E-state index in [1.54, 1.807) is 54.1 Å². The van der Waals surface area contributed by atoms with Gasteiger partial charge in [-0.25, -0.2) is 4.98 Å². The number of aromatic nitrogens is 2. The molecule has 0 fully saturated rings. The Bertz CT molecular complexity index is 1430. The van der Waals surface area contributed by atoms with Gasteiger partial charge in [0, 0.05) is 18.3 Å². The fraction of sp³-hybridized carbons (Fsp3) is 0.154. The highest BCUT2D eigenvalue weighted by atomic mass is 32.2. The lowest BCUT2D eigenvalue weighted by Gasteiger charge is -2.14. The number of rotatable bonds is 8. The number of amides is 2. The Morgan fingerprint density at radius 3 is 2.40 bits per heavy atom. The van der Waals surface area contributed by atoms with Crippen LogP contribution in [0.1, 0.15) is 12.5 Å². The minimum atomic E-state index is -0.256. The zero-order chi connectivity index (χ0) is 24.8. The Morgan fingerprint density at radius 1 is 0.971 bits per heavy atom. The molecule has 4 rings (SSSR count). The molecule has 0 unspecified atom stereocenters. The molecule has 0 saturated carbocycles. The lowest BCUT2D eigenvalue weighted by Crippen LogP contribution is -2.25. The summed E-state index contributed by atoms with van der Waals surface area (Å²) in [6, 6.07) is 21.5. The number of fused-ring (bicyclic) bond motifs is 1. The van der Waals surface area contributed by atoms with E-state index in [1.807, 2.05) is 30.3 Å². The Balaban J connectivity index is 1.55. The predicted octanol–water partition coefficient (Wildman–Crippen LogP) is 4.14. The van der Waals surface area contributed by atoms with Gasteiger partial charge in [-0.3, -0.25) is 19.0 Å². The second-order valence-corrected chi connectivity index (χ2v) is 8.69. The van der Waals surface area contributed by atoms with Gasteiger partial charge in [-0.1, -0.05) is 42.1 Å². The molecule has 0 saturated heterocycles. The van der Waals surface area contributed by atoms with E-state index in [4.69, 9.17) is 4.74 Å². The summed E-state index contributed by atoms with van der Waals surface area (Å²) in [5, 5.41) is 6.47. The highest BCUT2D eigenvalue weighted by Gasteiger charge is 2.14. The largest absolute Gasteiger partial charge is 0.497 e. The average Bonchev–Trinajstić information content (AvgIpc) is 2.85. The standard InChI is InChI=1S/C26H24N4O4S/c1-17(31)27-19-6-5-7-20(14-19)28-24(32)16-35-26-29-23-9-4-3-8-22(23)25(33)30(26)15-18-10-12-21(34-2)13-11-18/h3-14H,15-16H2,1-2H3,(H,27,31)(H,28,32). The van der Waals surface area contributed by atoms with E-state index in [0.717, 1.165) is 11.3 Å². The third-order valence-electron chi connectivity index (χ3n) is 5.13. The maximum atomic E-state index is 13.3. The molecule has 2 amide bonds. The van der Waals surface area contributed by atoms with Crippen molar-refractivity contribution in [2.24, 2.45) is 0 Å². The number of nitrogens with one attached hydrogen (secondary N) is 2. The summed E-state index contributed by atoms with van der Waals surface area (Å²) in [7, 11) is 1.60. The molecule has 0 radical (unpaired) electrons. The van der Waals surface area contributed by atoms with Crippen molar-refractivity contribution in [3.8, 4) is 5.75 Å². The van der Waals surface area contributed by atoms with Gasteiger partial charge in [0.1, 0.15) is 5.75 Å². The van der Waals surface area contributed by atoms with Gasteiger partial charge < -0.3 is 15.4 Å². The lowest BCUT2D eigenvalue weighted by atomic mass is 10.2. The molecule has 9 heteroatoms. The third kappa shape index (κ3) is 6.07. The summed E-state index contributed by atoms with van der Waals surface area (Å²) >= 11 is 1.19. The predicted molar refractivity (Wildman–Crippen MR) is 138 cm³/mol. The first-order valence-electron chi connectivity index (χ1n) is 10.9. The molecule has 1 aromatic heterocycles. The van der Waals surface area contributed by atoms with Crippen LogP contribution >= 0.6 is 11.8 Å². The zero-order valence-electron chi connectivity index (χ0n) is 19.3. The van der Waals surface area contributed by atoms with E-state index < -0.39 is 0 Å². The van der Waals surface area contributed by atoms with Crippen molar-refractivity contribution in [3.63, 3.8) is 0 Å². The number of hydrogen-bond acceptors (Lipinski definition) is 6. The number of benzene rings is 3. The maximum Gasteiger partial charge on any atom is 0.262 e. The van der Waals surface area contributed by atoms with Crippen LogP contribution in [0.2, 0.25) is 0 Å². The Hall–Kier alpha value is -4.11. The first-order chi connectivity index (χ1) is 16.9. The summed E-state index contributed by atoms with van der Waals surface area (Å²) in [5.74, 6) is 0.332. The molecular weight excluding hydrogens is 464 g/mol. The van der Waals surface area contributed by atoms with Gasteiger partial charge in [0.15, 0.2) is 5.16 Å². The van der Waals surface area contributed by atoms with Crippen molar-refractivity contribution < 1.29 is 14.3 Å². The molecule has 3 aromatic carbocycles. The minimum absolute atomic E-state index is 0.0533. The maximum absolute atomic E-state index is 13.3. The highest BCUT2D eigenvalue weighted by Crippen LogP contribution is 2.21. The number of hydrogen-bond donors (Lipinski definition) is 2. The number of ether oxygens (including phenoxy) is 1. The Kier molecular flexibility index (Phi) is 7.47. The molecule has 0 aliphatic rings. The number of carbonyl (C=O) groups is 2. The fourth-order valence-electron chi connectivity index (χ4n) is 3.52. The Labute approximate surface area is 206 Å². The summed E-state index contributed by atoms with van der Waals surface area (Å²) in [6.45, 7) is 1.73. The lowest BCUT2D eigenvalue weighted by molar-refractivity contribution is -0.114. The molecule has 0 spiro atoms. The zero-order valence-corrected chi connectivity index (χ0v) is 20.1. The highest BCUT2D eigenvalue weighted by molar-refractivity contribution is 7.99. The van der Waals surface area contributed by atoms with Crippen LogP contribution in [0.15, 0.2) is 82.7 Å². The van der Waals surface area contributed by atoms with Crippen molar-refractivity contribution in [2.45, 2.75) is 18.6 Å². The first-order valence-corrected chi connectivity index (χ1v) is 11.8. The van der Waals surface area contributed by atoms with Gasteiger partial charge in [0.2, 0.25) is 11.8 Å². The van der Waals surface area contributed by atoms with Crippen LogP contribution in [0.4, 0.5) is 11.4 Å². The van der Waals surface area contributed by atoms with Crippen molar-refractivity contribution in [3.05, 3.63) is 88.7 Å². The number of methoxy groups -OCH3 is 1. The molecule has 8 nitrogen and oxygen atoms in total. The van der Waals surface area contributed by atoms with Crippen LogP contribution in [0.5, 0.6) is 5.75 Å². The van der Waals surface area contributed by atoms with Crippen LogP contribution in [-0.2, 0) is 16.1 Å². The minimum Gasteiger partial charge on any atom is -0.497 e. The molecule has 0 aliphatic heterocycles. The van der Waals surface area contributed by atoms with E-state index >= 15 is 0 Å². The molecular formula is C26H24N4O4S. The van der Waals surface area contributed by atoms with Crippen molar-refractivity contribution >= 4 is 45.9 Å². The van der Waals surface area contributed by atoms with E-state index in [1.165, 1.54) is 18.7 Å². The topological polar surface area (TPSA) is 102 Å². The van der Waals surface area contributed by atoms with Gasteiger partial charge in [-0.05, 0) is 48.0 Å². The second-order valence-electron chi connectivity index (χ2n) is 7.75. The van der Waals surface area contributed by atoms with E-state index in [-0.39, 0.29) is 23.1 Å². The van der Waals surface area contributed by atoms with Crippen LogP contribution in [0.3, 0.4) is 0 Å². The molecule has 2 N–H and O–H groups in total. The van der Waals surface area contributed by atoms with Gasteiger partial charge in [-0.2, -0.15) is 0 Å². The molecule has 35 heavy (non-hydrogen) atoms. The number of anilines is 2. The number of para-hydroxylation sites is 1. The Morgan fingerprint density at radius 2 is 1.69 bits per heavy atom. The summed E-state index contributed by atoms with van der Waals surface area (Å²) in [5.41, 5.74) is 2.47. The van der Waals surface area contributed by atoms with Crippen LogP contribution < -0.4 is 20.9 Å². The summed E-state index contributed by atoms with van der Waals surface area (Å²) in [6.07, 6.45) is 0. The van der Waals surface area contributed by atoms with Gasteiger partial charge in [-0.15, -0.1) is 0 Å². The van der Waals surface area contributed by atoms with Crippen LogP contribution in [0, 0.1) is 0 Å². The quantitative estimate of drug-likeness (QED) is 0.285. The monoisotopic (exact) mass is 488 g/mol. The van der Waals surface area contributed by atoms with Crippen LogP contribution in [0.25, 0.3) is 10.9 Å². The van der Waals surface area contributed by atoms with Crippen molar-refractivity contribution in [2.75, 3.05) is 23.5 Å². The fourth-order valence-corrected chi connectivity index (χ4v) is 4.31. The second kappa shape index (κ2) is 10.9. The number of thioether (sulfide) groups is 1. The molecule has 0 bridgehead atoms. The summed E-state index contributed by atoms with van der Waals surface area (Å²) in [4.78, 5) is 41.9. The molecule has 0 aliphatic carbocycles. The van der Waals surface area contributed by atoms with E-state index in [9.17, 15) is 14.4 Å². The molecule has 1 heterocycles. The average molecular weight is 489 g/mol. The van der Waals surface area contributed by atoms with E-state index in [0.29, 0.717) is 34.0 Å². The van der Waals surface area contributed by atoms with Gasteiger partial charge in [0.05, 0.1) is 30.3 Å². The van der Waals surface area contributed by atoms with E-state index in [2.05, 4.69) is 15.6 Å². The SMILES string of the molecule is COc1ccc(Cn2c(SCC(=O)Nc3cccc(NC(C)=O)c3)nc3ccccc3c2=O)cc1. The summed E-state index contributed by atoms with van der Waals surface area (Å²) < 4.78 is 6.80. The first kappa shape index (κ1) is 24.0. The smallest absolute Gasteiger partial charge is 0.262 e. The number of nitrogens with zero attached hydrogens (tertiary/aromatic N) is 2.